The van der Waals surface area contributed by atoms with Crippen molar-refractivity contribution in [3.05, 3.63) is 29.6 Å². The molecule has 21 heavy (non-hydrogen) atoms. The Morgan fingerprint density at radius 2 is 1.90 bits per heavy atom. The lowest BCUT2D eigenvalue weighted by Gasteiger charge is -2.27. The molecule has 1 N–H and O–H groups in total. The van der Waals surface area contributed by atoms with E-state index in [0.717, 1.165) is 12.1 Å². The van der Waals surface area contributed by atoms with Crippen molar-refractivity contribution in [3.8, 4) is 0 Å². The highest BCUT2D eigenvalue weighted by atomic mass is 32.2. The predicted octanol–water partition coefficient (Wildman–Crippen LogP) is 2.60. The Morgan fingerprint density at radius 1 is 1.29 bits per heavy atom. The van der Waals surface area contributed by atoms with Gasteiger partial charge in [-0.3, -0.25) is 0 Å². The number of halogens is 1. The number of benzene rings is 1. The topological polar surface area (TPSA) is 49.4 Å². The molecule has 4 nitrogen and oxygen atoms in total. The summed E-state index contributed by atoms with van der Waals surface area (Å²) < 4.78 is 40.4. The maximum Gasteiger partial charge on any atom is 0.245 e. The molecule has 0 aliphatic heterocycles. The van der Waals surface area contributed by atoms with Crippen molar-refractivity contribution >= 4 is 10.0 Å². The summed E-state index contributed by atoms with van der Waals surface area (Å²) in [5, 5.41) is 3.08. The fourth-order valence-electron chi connectivity index (χ4n) is 1.93. The van der Waals surface area contributed by atoms with Crippen LogP contribution in [0.25, 0.3) is 0 Å². The fraction of sp³-hybridized carbons (Fsp3) is 0.600. The van der Waals surface area contributed by atoms with E-state index >= 15 is 0 Å². The molecule has 0 radical (unpaired) electrons. The van der Waals surface area contributed by atoms with Crippen molar-refractivity contribution in [1.29, 1.82) is 0 Å². The first-order chi connectivity index (χ1) is 9.71. The van der Waals surface area contributed by atoms with Crippen molar-refractivity contribution < 1.29 is 12.8 Å². The molecule has 0 saturated heterocycles. The molecule has 0 amide bonds. The van der Waals surface area contributed by atoms with Crippen LogP contribution in [0.1, 0.15) is 33.3 Å². The quantitative estimate of drug-likeness (QED) is 0.841. The highest BCUT2D eigenvalue weighted by Gasteiger charge is 2.29. The lowest BCUT2D eigenvalue weighted by molar-refractivity contribution is 0.314. The molecule has 1 aromatic carbocycles. The number of hydrogen-bond acceptors (Lipinski definition) is 3. The van der Waals surface area contributed by atoms with Crippen molar-refractivity contribution in [2.45, 2.75) is 45.2 Å². The number of nitrogens with one attached hydrogen (secondary N) is 1. The SMILES string of the molecule is CCNCc1ccc(S(=O)(=O)N(C)C(C)C(C)C)c(F)c1. The largest absolute Gasteiger partial charge is 0.313 e. The molecule has 0 fully saturated rings. The number of nitrogens with zero attached hydrogens (tertiary/aromatic N) is 1. The van der Waals surface area contributed by atoms with Gasteiger partial charge in [-0.05, 0) is 37.1 Å². The normalized spacial score (nSPS) is 13.9. The maximum atomic E-state index is 14.2. The summed E-state index contributed by atoms with van der Waals surface area (Å²) in [4.78, 5) is -0.266. The summed E-state index contributed by atoms with van der Waals surface area (Å²) in [5.74, 6) is -0.547. The maximum absolute atomic E-state index is 14.2. The van der Waals surface area contributed by atoms with E-state index in [1.54, 1.807) is 6.07 Å². The minimum atomic E-state index is -3.81. The van der Waals surface area contributed by atoms with Gasteiger partial charge in [0.15, 0.2) is 0 Å². The molecule has 1 rings (SSSR count). The average Bonchev–Trinajstić information content (AvgIpc) is 2.42. The Bertz CT molecular complexity index is 573. The van der Waals surface area contributed by atoms with Crippen molar-refractivity contribution in [2.24, 2.45) is 5.92 Å². The van der Waals surface area contributed by atoms with E-state index in [-0.39, 0.29) is 16.9 Å². The van der Waals surface area contributed by atoms with Crippen molar-refractivity contribution in [2.75, 3.05) is 13.6 Å². The lowest BCUT2D eigenvalue weighted by atomic mass is 10.1. The Labute approximate surface area is 127 Å². The zero-order valence-electron chi connectivity index (χ0n) is 13.4. The number of hydrogen-bond donors (Lipinski definition) is 1. The van der Waals surface area contributed by atoms with Gasteiger partial charge in [0.25, 0.3) is 0 Å². The van der Waals surface area contributed by atoms with Crippen LogP contribution in [0.4, 0.5) is 4.39 Å². The molecular weight excluding hydrogens is 291 g/mol. The molecule has 6 heteroatoms. The standard InChI is InChI=1S/C15H25FN2O2S/c1-6-17-10-13-7-8-15(14(16)9-13)21(19,20)18(5)12(4)11(2)3/h7-9,11-12,17H,6,10H2,1-5H3. The first-order valence-electron chi connectivity index (χ1n) is 7.19. The molecule has 0 aliphatic carbocycles. The first-order valence-corrected chi connectivity index (χ1v) is 8.63. The Morgan fingerprint density at radius 3 is 2.38 bits per heavy atom. The van der Waals surface area contributed by atoms with Crippen molar-refractivity contribution in [1.82, 2.24) is 9.62 Å². The lowest BCUT2D eigenvalue weighted by Crippen LogP contribution is -2.38. The summed E-state index contributed by atoms with van der Waals surface area (Å²) in [6, 6.07) is 4.08. The van der Waals surface area contributed by atoms with Gasteiger partial charge in [-0.15, -0.1) is 0 Å². The third-order valence-electron chi connectivity index (χ3n) is 3.77. The van der Waals surface area contributed by atoms with Crippen LogP contribution in [-0.2, 0) is 16.6 Å². The van der Waals surface area contributed by atoms with Crippen LogP contribution in [0.15, 0.2) is 23.1 Å². The fourth-order valence-corrected chi connectivity index (χ4v) is 3.46. The smallest absolute Gasteiger partial charge is 0.245 e. The highest BCUT2D eigenvalue weighted by Crippen LogP contribution is 2.23. The van der Waals surface area contributed by atoms with Gasteiger partial charge in [0.05, 0.1) is 0 Å². The molecule has 0 bridgehead atoms. The molecule has 120 valence electrons. The summed E-state index contributed by atoms with van der Waals surface area (Å²) in [5.41, 5.74) is 0.730. The van der Waals surface area contributed by atoms with Gasteiger partial charge >= 0.3 is 0 Å². The average molecular weight is 316 g/mol. The Kier molecular flexibility index (Phi) is 6.31. The van der Waals surface area contributed by atoms with Gasteiger partial charge in [-0.1, -0.05) is 26.8 Å². The summed E-state index contributed by atoms with van der Waals surface area (Å²) in [6.07, 6.45) is 0. The molecule has 0 aliphatic rings. The van der Waals surface area contributed by atoms with E-state index in [2.05, 4.69) is 5.32 Å². The van der Waals surface area contributed by atoms with Gasteiger partial charge in [0.2, 0.25) is 10.0 Å². The second-order valence-electron chi connectivity index (χ2n) is 5.55. The Hall–Kier alpha value is -0.980. The number of rotatable bonds is 7. The van der Waals surface area contributed by atoms with E-state index in [1.807, 2.05) is 27.7 Å². The van der Waals surface area contributed by atoms with Crippen LogP contribution in [-0.4, -0.2) is 32.4 Å². The van der Waals surface area contributed by atoms with Gasteiger partial charge in [-0.25, -0.2) is 12.8 Å². The minimum Gasteiger partial charge on any atom is -0.313 e. The number of sulfonamides is 1. The predicted molar refractivity (Wildman–Crippen MR) is 83.0 cm³/mol. The van der Waals surface area contributed by atoms with E-state index in [0.29, 0.717) is 6.54 Å². The monoisotopic (exact) mass is 316 g/mol. The van der Waals surface area contributed by atoms with Crippen LogP contribution in [0.5, 0.6) is 0 Å². The molecule has 1 aromatic rings. The zero-order chi connectivity index (χ0) is 16.2. The minimum absolute atomic E-state index is 0.154. The highest BCUT2D eigenvalue weighted by molar-refractivity contribution is 7.89. The zero-order valence-corrected chi connectivity index (χ0v) is 14.2. The van der Waals surface area contributed by atoms with Gasteiger partial charge in [0, 0.05) is 19.6 Å². The van der Waals surface area contributed by atoms with Gasteiger partial charge in [0.1, 0.15) is 10.7 Å². The van der Waals surface area contributed by atoms with Crippen molar-refractivity contribution in [3.63, 3.8) is 0 Å². The second-order valence-corrected chi connectivity index (χ2v) is 7.52. The van der Waals surface area contributed by atoms with Crippen LogP contribution in [0.3, 0.4) is 0 Å². The van der Waals surface area contributed by atoms with Crippen LogP contribution >= 0.6 is 0 Å². The summed E-state index contributed by atoms with van der Waals surface area (Å²) >= 11 is 0. The first kappa shape index (κ1) is 18.1. The second kappa shape index (κ2) is 7.33. The van der Waals surface area contributed by atoms with E-state index in [9.17, 15) is 12.8 Å². The summed E-state index contributed by atoms with van der Waals surface area (Å²) in [6.45, 7) is 8.94. The molecule has 0 saturated carbocycles. The van der Waals surface area contributed by atoms with Crippen LogP contribution < -0.4 is 5.32 Å². The third kappa shape index (κ3) is 4.25. The van der Waals surface area contributed by atoms with Crippen LogP contribution in [0.2, 0.25) is 0 Å². The van der Waals surface area contributed by atoms with E-state index in [4.69, 9.17) is 0 Å². The molecule has 0 heterocycles. The van der Waals surface area contributed by atoms with E-state index < -0.39 is 15.8 Å². The molecular formula is C15H25FN2O2S. The molecule has 1 atom stereocenters. The van der Waals surface area contributed by atoms with E-state index in [1.165, 1.54) is 23.5 Å². The van der Waals surface area contributed by atoms with Gasteiger partial charge < -0.3 is 5.32 Å². The van der Waals surface area contributed by atoms with Gasteiger partial charge in [-0.2, -0.15) is 4.31 Å². The third-order valence-corrected chi connectivity index (χ3v) is 5.75. The van der Waals surface area contributed by atoms with Crippen LogP contribution in [0, 0.1) is 11.7 Å². The molecule has 0 spiro atoms. The summed E-state index contributed by atoms with van der Waals surface area (Å²) in [7, 11) is -2.32. The molecule has 0 aromatic heterocycles. The molecule has 1 unspecified atom stereocenters. The Balaban J connectivity index is 3.09.